The molecule has 122 valence electrons. The second-order valence-corrected chi connectivity index (χ2v) is 8.08. The largest absolute Gasteiger partial charge is 0.396 e. The number of urea groups is 1. The van der Waals surface area contributed by atoms with Gasteiger partial charge in [-0.15, -0.1) is 0 Å². The Kier molecular flexibility index (Phi) is 6.68. The van der Waals surface area contributed by atoms with E-state index in [0.29, 0.717) is 24.6 Å². The molecule has 2 fully saturated rings. The molecule has 2 aliphatic rings. The van der Waals surface area contributed by atoms with Crippen molar-refractivity contribution >= 4 is 17.8 Å². The summed E-state index contributed by atoms with van der Waals surface area (Å²) in [5, 5.41) is 13.1. The first-order chi connectivity index (χ1) is 10.1. The summed E-state index contributed by atoms with van der Waals surface area (Å²) in [4.78, 5) is 14.3. The van der Waals surface area contributed by atoms with E-state index in [0.717, 1.165) is 43.8 Å². The normalized spacial score (nSPS) is 32.9. The molecule has 0 aromatic carbocycles. The number of nitrogens with one attached hydrogen (secondary N) is 1. The third-order valence-corrected chi connectivity index (χ3v) is 6.29. The van der Waals surface area contributed by atoms with Gasteiger partial charge >= 0.3 is 6.03 Å². The monoisotopic (exact) mass is 314 g/mol. The fourth-order valence-corrected chi connectivity index (χ4v) is 4.76. The minimum Gasteiger partial charge on any atom is -0.396 e. The Hall–Kier alpha value is -0.420. The third kappa shape index (κ3) is 4.78. The van der Waals surface area contributed by atoms with E-state index in [1.165, 1.54) is 12.2 Å². The standard InChI is InChI=1S/C16H30N2O2S/c1-3-21-15-9-6-13(10-15)17-16(20)18(2)14-7-4-12(11-19)5-8-14/h12-15,19H,3-11H2,1-2H3,(H,17,20)/t12?,13-,14?,15+/m0/s1. The van der Waals surface area contributed by atoms with Gasteiger partial charge in [-0.05, 0) is 56.6 Å². The van der Waals surface area contributed by atoms with Crippen molar-refractivity contribution in [3.63, 3.8) is 0 Å². The number of nitrogens with zero attached hydrogens (tertiary/aromatic N) is 1. The highest BCUT2D eigenvalue weighted by Crippen LogP contribution is 2.30. The number of amides is 2. The lowest BCUT2D eigenvalue weighted by Crippen LogP contribution is -2.47. The van der Waals surface area contributed by atoms with Crippen LogP contribution in [0.1, 0.15) is 51.9 Å². The van der Waals surface area contributed by atoms with E-state index in [4.69, 9.17) is 0 Å². The van der Waals surface area contributed by atoms with Gasteiger partial charge in [0.1, 0.15) is 0 Å². The fraction of sp³-hybridized carbons (Fsp3) is 0.938. The summed E-state index contributed by atoms with van der Waals surface area (Å²) in [5.41, 5.74) is 0. The number of rotatable bonds is 5. The lowest BCUT2D eigenvalue weighted by atomic mass is 9.86. The summed E-state index contributed by atoms with van der Waals surface area (Å²) in [6, 6.07) is 0.794. The minimum atomic E-state index is 0.0922. The van der Waals surface area contributed by atoms with Gasteiger partial charge < -0.3 is 15.3 Å². The van der Waals surface area contributed by atoms with Crippen LogP contribution in [-0.4, -0.2) is 52.8 Å². The summed E-state index contributed by atoms with van der Waals surface area (Å²) >= 11 is 2.02. The Morgan fingerprint density at radius 3 is 2.57 bits per heavy atom. The summed E-state index contributed by atoms with van der Waals surface area (Å²) < 4.78 is 0. The van der Waals surface area contributed by atoms with Crippen LogP contribution in [0.2, 0.25) is 0 Å². The van der Waals surface area contributed by atoms with Crippen LogP contribution in [0.15, 0.2) is 0 Å². The molecule has 0 saturated heterocycles. The maximum Gasteiger partial charge on any atom is 0.317 e. The second kappa shape index (κ2) is 8.28. The molecule has 0 bridgehead atoms. The van der Waals surface area contributed by atoms with Crippen molar-refractivity contribution in [3.05, 3.63) is 0 Å². The Labute approximate surface area is 133 Å². The third-order valence-electron chi connectivity index (χ3n) is 5.06. The molecule has 2 N–H and O–H groups in total. The first-order valence-electron chi connectivity index (χ1n) is 8.39. The average Bonchev–Trinajstić information content (AvgIpc) is 2.94. The van der Waals surface area contributed by atoms with E-state index in [1.54, 1.807) is 0 Å². The summed E-state index contributed by atoms with van der Waals surface area (Å²) in [5.74, 6) is 1.61. The maximum absolute atomic E-state index is 12.4. The predicted octanol–water partition coefficient (Wildman–Crippen LogP) is 2.85. The zero-order valence-corrected chi connectivity index (χ0v) is 14.2. The molecule has 0 spiro atoms. The van der Waals surface area contributed by atoms with Crippen LogP contribution in [0, 0.1) is 5.92 Å². The van der Waals surface area contributed by atoms with Crippen LogP contribution in [0.5, 0.6) is 0 Å². The van der Waals surface area contributed by atoms with Crippen molar-refractivity contribution in [1.29, 1.82) is 0 Å². The SMILES string of the molecule is CCS[C@@H]1CC[C@H](NC(=O)N(C)C2CCC(CO)CC2)C1. The van der Waals surface area contributed by atoms with E-state index in [1.807, 2.05) is 23.7 Å². The molecule has 2 saturated carbocycles. The molecular formula is C16H30N2O2S. The van der Waals surface area contributed by atoms with Gasteiger partial charge in [-0.2, -0.15) is 11.8 Å². The number of hydrogen-bond acceptors (Lipinski definition) is 3. The Morgan fingerprint density at radius 1 is 1.24 bits per heavy atom. The fourth-order valence-electron chi connectivity index (χ4n) is 3.62. The molecular weight excluding hydrogens is 284 g/mol. The maximum atomic E-state index is 12.4. The highest BCUT2D eigenvalue weighted by molar-refractivity contribution is 7.99. The van der Waals surface area contributed by atoms with Crippen LogP contribution >= 0.6 is 11.8 Å². The molecule has 2 rings (SSSR count). The van der Waals surface area contributed by atoms with E-state index >= 15 is 0 Å². The van der Waals surface area contributed by atoms with Gasteiger partial charge in [0, 0.05) is 31.0 Å². The van der Waals surface area contributed by atoms with Crippen molar-refractivity contribution in [3.8, 4) is 0 Å². The van der Waals surface area contributed by atoms with Crippen LogP contribution in [0.25, 0.3) is 0 Å². The van der Waals surface area contributed by atoms with E-state index < -0.39 is 0 Å². The Morgan fingerprint density at radius 2 is 1.95 bits per heavy atom. The highest BCUT2D eigenvalue weighted by Gasteiger charge is 2.30. The summed E-state index contributed by atoms with van der Waals surface area (Å²) in [6.07, 6.45) is 7.59. The molecule has 0 heterocycles. The lowest BCUT2D eigenvalue weighted by Gasteiger charge is -2.34. The zero-order valence-electron chi connectivity index (χ0n) is 13.4. The van der Waals surface area contributed by atoms with Crippen LogP contribution in [0.4, 0.5) is 4.79 Å². The zero-order chi connectivity index (χ0) is 15.2. The predicted molar refractivity (Wildman–Crippen MR) is 88.7 cm³/mol. The first-order valence-corrected chi connectivity index (χ1v) is 9.44. The highest BCUT2D eigenvalue weighted by atomic mass is 32.2. The molecule has 2 amide bonds. The molecule has 5 heteroatoms. The van der Waals surface area contributed by atoms with Crippen molar-refractivity contribution in [1.82, 2.24) is 10.2 Å². The number of hydrogen-bond donors (Lipinski definition) is 2. The molecule has 21 heavy (non-hydrogen) atoms. The van der Waals surface area contributed by atoms with E-state index in [-0.39, 0.29) is 6.03 Å². The van der Waals surface area contributed by atoms with Gasteiger partial charge in [-0.25, -0.2) is 4.79 Å². The average molecular weight is 314 g/mol. The van der Waals surface area contributed by atoms with Gasteiger partial charge in [0.2, 0.25) is 0 Å². The number of thioether (sulfide) groups is 1. The first kappa shape index (κ1) is 16.9. The second-order valence-electron chi connectivity index (χ2n) is 6.50. The topological polar surface area (TPSA) is 52.6 Å². The van der Waals surface area contributed by atoms with Crippen molar-refractivity contribution < 1.29 is 9.90 Å². The summed E-state index contributed by atoms with van der Waals surface area (Å²) in [6.45, 7) is 2.49. The molecule has 4 nitrogen and oxygen atoms in total. The van der Waals surface area contributed by atoms with Gasteiger partial charge in [-0.1, -0.05) is 6.92 Å². The van der Waals surface area contributed by atoms with Gasteiger partial charge in [-0.3, -0.25) is 0 Å². The van der Waals surface area contributed by atoms with Crippen molar-refractivity contribution in [2.45, 2.75) is 69.2 Å². The summed E-state index contributed by atoms with van der Waals surface area (Å²) in [7, 11) is 1.92. The number of aliphatic hydroxyl groups is 1. The number of aliphatic hydroxyl groups excluding tert-OH is 1. The van der Waals surface area contributed by atoms with Gasteiger partial charge in [0.25, 0.3) is 0 Å². The smallest absolute Gasteiger partial charge is 0.317 e. The molecule has 2 atom stereocenters. The molecule has 0 unspecified atom stereocenters. The van der Waals surface area contributed by atoms with E-state index in [9.17, 15) is 9.90 Å². The molecule has 0 radical (unpaired) electrons. The number of carbonyl (C=O) groups is 1. The molecule has 0 aromatic rings. The van der Waals surface area contributed by atoms with Crippen LogP contribution in [-0.2, 0) is 0 Å². The Balaban J connectivity index is 1.73. The van der Waals surface area contributed by atoms with Crippen LogP contribution in [0.3, 0.4) is 0 Å². The van der Waals surface area contributed by atoms with Gasteiger partial charge in [0.05, 0.1) is 0 Å². The van der Waals surface area contributed by atoms with Crippen molar-refractivity contribution in [2.75, 3.05) is 19.4 Å². The Bertz CT molecular complexity index is 332. The molecule has 0 aromatic heterocycles. The van der Waals surface area contributed by atoms with Gasteiger partial charge in [0.15, 0.2) is 0 Å². The molecule has 2 aliphatic carbocycles. The minimum absolute atomic E-state index is 0.0922. The van der Waals surface area contributed by atoms with Crippen molar-refractivity contribution in [2.24, 2.45) is 5.92 Å². The number of carbonyl (C=O) groups excluding carboxylic acids is 1. The quantitative estimate of drug-likeness (QED) is 0.820. The lowest BCUT2D eigenvalue weighted by molar-refractivity contribution is 0.132. The van der Waals surface area contributed by atoms with Crippen LogP contribution < -0.4 is 5.32 Å². The molecule has 0 aliphatic heterocycles. The van der Waals surface area contributed by atoms with E-state index in [2.05, 4.69) is 12.2 Å².